The lowest BCUT2D eigenvalue weighted by Crippen LogP contribution is -2.46. The molecule has 0 saturated carbocycles. The molecule has 3 amide bonds. The normalized spacial score (nSPS) is 15.9. The summed E-state index contributed by atoms with van der Waals surface area (Å²) in [5.74, 6) is 0.675. The molecule has 0 aliphatic carbocycles. The smallest absolute Gasteiger partial charge is 0.407 e. The average Bonchev–Trinajstić information content (AvgIpc) is 3.48. The Morgan fingerprint density at radius 1 is 1.13 bits per heavy atom. The number of nitrogens with one attached hydrogen (secondary N) is 1. The fourth-order valence-electron chi connectivity index (χ4n) is 4.63. The van der Waals surface area contributed by atoms with E-state index in [9.17, 15) is 14.4 Å². The number of carbonyl (C=O) groups is 3. The summed E-state index contributed by atoms with van der Waals surface area (Å²) in [5.41, 5.74) is 1.38. The zero-order valence-electron chi connectivity index (χ0n) is 22.1. The monoisotopic (exact) mass is 530 g/mol. The van der Waals surface area contributed by atoms with Crippen molar-refractivity contribution in [3.8, 4) is 22.8 Å². The number of hydrogen-bond acceptors (Lipinski definition) is 9. The number of imide groups is 1. The van der Waals surface area contributed by atoms with E-state index in [2.05, 4.69) is 31.9 Å². The van der Waals surface area contributed by atoms with Gasteiger partial charge < -0.3 is 19.5 Å². The van der Waals surface area contributed by atoms with E-state index in [1.807, 2.05) is 26.8 Å². The second-order valence-corrected chi connectivity index (χ2v) is 10.5. The zero-order chi connectivity index (χ0) is 27.7. The minimum Gasteiger partial charge on any atom is -0.444 e. The van der Waals surface area contributed by atoms with E-state index in [1.165, 1.54) is 6.08 Å². The molecule has 0 spiro atoms. The van der Waals surface area contributed by atoms with Gasteiger partial charge in [0.05, 0.1) is 11.1 Å². The number of nitrogens with zero attached hydrogens (tertiary/aromatic N) is 5. The van der Waals surface area contributed by atoms with Crippen LogP contribution in [0.25, 0.3) is 22.8 Å². The number of anilines is 1. The lowest BCUT2D eigenvalue weighted by atomic mass is 10.0. The molecular formula is C28H30N6O5. The number of amides is 3. The molecule has 4 heterocycles. The zero-order valence-corrected chi connectivity index (χ0v) is 22.1. The molecular weight excluding hydrogens is 500 g/mol. The third kappa shape index (κ3) is 5.52. The van der Waals surface area contributed by atoms with E-state index in [0.717, 1.165) is 42.2 Å². The molecule has 11 nitrogen and oxygen atoms in total. The van der Waals surface area contributed by atoms with Crippen LogP contribution in [0.3, 0.4) is 0 Å². The second kappa shape index (κ2) is 10.3. The van der Waals surface area contributed by atoms with Crippen LogP contribution < -0.4 is 10.2 Å². The third-order valence-electron chi connectivity index (χ3n) is 6.50. The number of rotatable bonds is 6. The van der Waals surface area contributed by atoms with Gasteiger partial charge in [0.2, 0.25) is 5.82 Å². The van der Waals surface area contributed by atoms with Gasteiger partial charge in [0.25, 0.3) is 17.7 Å². The van der Waals surface area contributed by atoms with Crippen molar-refractivity contribution in [3.05, 3.63) is 60.3 Å². The lowest BCUT2D eigenvalue weighted by molar-refractivity contribution is 0.0496. The summed E-state index contributed by atoms with van der Waals surface area (Å²) in [4.78, 5) is 49.6. The van der Waals surface area contributed by atoms with E-state index in [-0.39, 0.29) is 30.3 Å². The molecule has 0 unspecified atom stereocenters. The van der Waals surface area contributed by atoms with E-state index < -0.39 is 11.7 Å². The van der Waals surface area contributed by atoms with Crippen LogP contribution >= 0.6 is 0 Å². The maximum absolute atomic E-state index is 12.7. The van der Waals surface area contributed by atoms with Crippen LogP contribution in [0.5, 0.6) is 0 Å². The summed E-state index contributed by atoms with van der Waals surface area (Å²) < 4.78 is 10.9. The number of benzene rings is 1. The Bertz CT molecular complexity index is 1430. The van der Waals surface area contributed by atoms with Crippen molar-refractivity contribution in [2.75, 3.05) is 24.5 Å². The largest absolute Gasteiger partial charge is 0.444 e. The number of pyridine rings is 1. The van der Waals surface area contributed by atoms with Crippen molar-refractivity contribution in [2.24, 2.45) is 0 Å². The van der Waals surface area contributed by atoms with E-state index in [4.69, 9.17) is 9.26 Å². The van der Waals surface area contributed by atoms with Gasteiger partial charge in [-0.15, -0.1) is 6.58 Å². The summed E-state index contributed by atoms with van der Waals surface area (Å²) in [7, 11) is 0. The minimum absolute atomic E-state index is 0.0393. The number of piperidine rings is 1. The molecule has 2 aromatic heterocycles. The molecule has 1 N–H and O–H groups in total. The number of aromatic nitrogens is 3. The van der Waals surface area contributed by atoms with Crippen molar-refractivity contribution in [2.45, 2.75) is 45.3 Å². The second-order valence-electron chi connectivity index (χ2n) is 10.5. The van der Waals surface area contributed by atoms with Crippen molar-refractivity contribution in [1.29, 1.82) is 0 Å². The maximum atomic E-state index is 12.7. The Morgan fingerprint density at radius 3 is 2.59 bits per heavy atom. The van der Waals surface area contributed by atoms with Crippen molar-refractivity contribution in [1.82, 2.24) is 25.3 Å². The maximum Gasteiger partial charge on any atom is 0.407 e. The molecule has 39 heavy (non-hydrogen) atoms. The van der Waals surface area contributed by atoms with Crippen LogP contribution in [0, 0.1) is 0 Å². The highest BCUT2D eigenvalue weighted by molar-refractivity contribution is 6.21. The molecule has 0 atom stereocenters. The van der Waals surface area contributed by atoms with E-state index >= 15 is 0 Å². The molecule has 1 fully saturated rings. The number of fused-ring (bicyclic) bond motifs is 1. The van der Waals surface area contributed by atoms with Crippen LogP contribution in [0.1, 0.15) is 54.3 Å². The first-order chi connectivity index (χ1) is 18.6. The molecule has 1 aromatic carbocycles. The van der Waals surface area contributed by atoms with Crippen molar-refractivity contribution < 1.29 is 23.6 Å². The van der Waals surface area contributed by atoms with Crippen molar-refractivity contribution in [3.63, 3.8) is 0 Å². The summed E-state index contributed by atoms with van der Waals surface area (Å²) in [6.45, 7) is 10.7. The van der Waals surface area contributed by atoms with Gasteiger partial charge in [-0.3, -0.25) is 14.5 Å². The van der Waals surface area contributed by atoms with Gasteiger partial charge in [-0.2, -0.15) is 4.98 Å². The minimum atomic E-state index is -0.534. The van der Waals surface area contributed by atoms with Crippen molar-refractivity contribution >= 4 is 23.7 Å². The lowest BCUT2D eigenvalue weighted by Gasteiger charge is -2.33. The number of carbonyl (C=O) groups excluding carboxylic acids is 3. The molecule has 5 rings (SSSR count). The Kier molecular flexibility index (Phi) is 6.90. The Balaban J connectivity index is 1.26. The molecule has 11 heteroatoms. The van der Waals surface area contributed by atoms with Crippen LogP contribution in [0.4, 0.5) is 10.6 Å². The molecule has 3 aromatic rings. The first kappa shape index (κ1) is 26.1. The van der Waals surface area contributed by atoms with Crippen LogP contribution in [0.2, 0.25) is 0 Å². The van der Waals surface area contributed by atoms with Gasteiger partial charge >= 0.3 is 6.09 Å². The molecule has 202 valence electrons. The van der Waals surface area contributed by atoms with E-state index in [0.29, 0.717) is 22.5 Å². The third-order valence-corrected chi connectivity index (χ3v) is 6.50. The molecule has 0 bridgehead atoms. The SMILES string of the molecule is C=CCN1C(=O)c2ccc(-c3nc(-c4ccnc(N5CCC(NC(=O)OC(C)(C)C)CC5)c4)no3)cc2C1=O. The highest BCUT2D eigenvalue weighted by atomic mass is 16.6. The number of hydrogen-bond donors (Lipinski definition) is 1. The average molecular weight is 531 g/mol. The summed E-state index contributed by atoms with van der Waals surface area (Å²) in [5, 5.41) is 7.07. The van der Waals surface area contributed by atoms with E-state index in [1.54, 1.807) is 30.5 Å². The highest BCUT2D eigenvalue weighted by Crippen LogP contribution is 2.30. The highest BCUT2D eigenvalue weighted by Gasteiger charge is 2.35. The predicted octanol–water partition coefficient (Wildman–Crippen LogP) is 4.07. The number of ether oxygens (including phenoxy) is 1. The van der Waals surface area contributed by atoms with Crippen LogP contribution in [-0.4, -0.2) is 69.2 Å². The molecule has 2 aliphatic rings. The standard InChI is InChI=1S/C28H30N6O5/c1-5-12-34-25(35)20-7-6-18(15-21(20)26(34)36)24-31-23(32-39-24)17-8-11-29-22(16-17)33-13-9-19(10-14-33)30-27(37)38-28(2,3)4/h5-8,11,15-16,19H,1,9-10,12-14H2,2-4H3,(H,30,37). The van der Waals surface area contributed by atoms with Gasteiger partial charge in [-0.1, -0.05) is 11.2 Å². The van der Waals surface area contributed by atoms with Gasteiger partial charge in [-0.25, -0.2) is 9.78 Å². The van der Waals surface area contributed by atoms with Gasteiger partial charge in [0, 0.05) is 43.0 Å². The van der Waals surface area contributed by atoms with Gasteiger partial charge in [0.15, 0.2) is 0 Å². The molecule has 1 saturated heterocycles. The quantitative estimate of drug-likeness (QED) is 0.370. The van der Waals surface area contributed by atoms with Gasteiger partial charge in [0.1, 0.15) is 11.4 Å². The predicted molar refractivity (Wildman–Crippen MR) is 143 cm³/mol. The topological polar surface area (TPSA) is 131 Å². The first-order valence-electron chi connectivity index (χ1n) is 12.8. The van der Waals surface area contributed by atoms with Gasteiger partial charge in [-0.05, 0) is 63.9 Å². The summed E-state index contributed by atoms with van der Waals surface area (Å²) in [6.07, 6.45) is 4.34. The molecule has 2 aliphatic heterocycles. The first-order valence-corrected chi connectivity index (χ1v) is 12.8. The fourth-order valence-corrected chi connectivity index (χ4v) is 4.63. The van der Waals surface area contributed by atoms with Crippen LogP contribution in [-0.2, 0) is 4.74 Å². The molecule has 0 radical (unpaired) electrons. The van der Waals surface area contributed by atoms with Crippen LogP contribution in [0.15, 0.2) is 53.7 Å². The Morgan fingerprint density at radius 2 is 1.87 bits per heavy atom. The Hall–Kier alpha value is -4.54. The fraction of sp³-hybridized carbons (Fsp3) is 0.357. The number of alkyl carbamates (subject to hydrolysis) is 1. The Labute approximate surface area is 225 Å². The summed E-state index contributed by atoms with van der Waals surface area (Å²) >= 11 is 0. The summed E-state index contributed by atoms with van der Waals surface area (Å²) in [6, 6.07) is 8.62.